The van der Waals surface area contributed by atoms with Gasteiger partial charge in [0.15, 0.2) is 5.58 Å². The average Bonchev–Trinajstić information content (AvgIpc) is 2.83. The number of nitrogens with one attached hydrogen (secondary N) is 1. The molecule has 0 aliphatic rings. The number of oxazole rings is 1. The third kappa shape index (κ3) is 2.89. The van der Waals surface area contributed by atoms with E-state index in [2.05, 4.69) is 4.72 Å². The summed E-state index contributed by atoms with van der Waals surface area (Å²) in [6.07, 6.45) is 0. The summed E-state index contributed by atoms with van der Waals surface area (Å²) in [5, 5.41) is 9.13. The Morgan fingerprint density at radius 3 is 2.64 bits per heavy atom. The number of fused-ring (bicyclic) bond motifs is 1. The maximum Gasteiger partial charge on any atom is 0.419 e. The highest BCUT2D eigenvalue weighted by Crippen LogP contribution is 2.24. The highest BCUT2D eigenvalue weighted by Gasteiger charge is 2.19. The second-order valence-corrected chi connectivity index (χ2v) is 7.13. The molecule has 0 saturated heterocycles. The first-order valence-corrected chi connectivity index (χ1v) is 8.64. The molecule has 8 nitrogen and oxygen atoms in total. The Kier molecular flexibility index (Phi) is 3.88. The van der Waals surface area contributed by atoms with Gasteiger partial charge in [-0.2, -0.15) is 0 Å². The minimum absolute atomic E-state index is 0.00436. The van der Waals surface area contributed by atoms with Gasteiger partial charge in [-0.25, -0.2) is 18.0 Å². The summed E-state index contributed by atoms with van der Waals surface area (Å²) in [5.41, 5.74) is 1.07. The predicted molar refractivity (Wildman–Crippen MR) is 90.4 cm³/mol. The van der Waals surface area contributed by atoms with Gasteiger partial charge in [0, 0.05) is 13.1 Å². The molecule has 0 atom stereocenters. The van der Waals surface area contributed by atoms with Crippen molar-refractivity contribution in [3.63, 3.8) is 0 Å². The number of sulfonamides is 1. The summed E-state index contributed by atoms with van der Waals surface area (Å²) in [4.78, 5) is 22.6. The van der Waals surface area contributed by atoms with Gasteiger partial charge in [0.25, 0.3) is 10.0 Å². The second-order valence-electron chi connectivity index (χ2n) is 5.45. The van der Waals surface area contributed by atoms with E-state index in [1.807, 2.05) is 0 Å². The fourth-order valence-corrected chi connectivity index (χ4v) is 3.60. The Morgan fingerprint density at radius 1 is 1.24 bits per heavy atom. The van der Waals surface area contributed by atoms with Gasteiger partial charge < -0.3 is 9.52 Å². The molecule has 0 amide bonds. The van der Waals surface area contributed by atoms with Crippen LogP contribution in [0.1, 0.15) is 15.9 Å². The largest absolute Gasteiger partial charge is 0.478 e. The number of aryl methyl sites for hydroxylation is 1. The molecule has 3 rings (SSSR count). The molecular formula is C16H14N2O6S. The summed E-state index contributed by atoms with van der Waals surface area (Å²) in [5.74, 6) is -1.74. The van der Waals surface area contributed by atoms with Crippen molar-refractivity contribution < 1.29 is 22.7 Å². The number of aromatic carboxylic acids is 1. The van der Waals surface area contributed by atoms with Gasteiger partial charge in [0.05, 0.1) is 21.7 Å². The number of benzene rings is 2. The SMILES string of the molecule is Cc1c(NS(=O)(=O)c2ccc3c(c2)oc(=O)n3C)cccc1C(=O)O. The van der Waals surface area contributed by atoms with Crippen LogP contribution >= 0.6 is 0 Å². The summed E-state index contributed by atoms with van der Waals surface area (Å²) < 4.78 is 33.8. The maximum atomic E-state index is 12.6. The molecule has 0 fully saturated rings. The van der Waals surface area contributed by atoms with E-state index in [0.29, 0.717) is 11.1 Å². The number of nitrogens with zero attached hydrogens (tertiary/aromatic N) is 1. The summed E-state index contributed by atoms with van der Waals surface area (Å²) in [6, 6.07) is 8.37. The van der Waals surface area contributed by atoms with Gasteiger partial charge in [-0.05, 0) is 36.8 Å². The van der Waals surface area contributed by atoms with Crippen molar-refractivity contribution in [2.75, 3.05) is 4.72 Å². The lowest BCUT2D eigenvalue weighted by molar-refractivity contribution is 0.0696. The molecule has 2 N–H and O–H groups in total. The Hall–Kier alpha value is -3.07. The number of carboxylic acids is 1. The van der Waals surface area contributed by atoms with Crippen LogP contribution in [0.5, 0.6) is 0 Å². The fraction of sp³-hybridized carbons (Fsp3) is 0.125. The Bertz CT molecular complexity index is 1160. The van der Waals surface area contributed by atoms with E-state index in [1.54, 1.807) is 0 Å². The highest BCUT2D eigenvalue weighted by molar-refractivity contribution is 7.92. The van der Waals surface area contributed by atoms with Crippen molar-refractivity contribution in [3.05, 3.63) is 58.1 Å². The number of carbonyl (C=O) groups is 1. The standard InChI is InChI=1S/C16H14N2O6S/c1-9-11(15(19)20)4-3-5-12(9)17-25(22,23)10-6-7-13-14(8-10)24-16(21)18(13)2/h3-8,17H,1-2H3,(H,19,20). The highest BCUT2D eigenvalue weighted by atomic mass is 32.2. The minimum Gasteiger partial charge on any atom is -0.478 e. The van der Waals surface area contributed by atoms with Gasteiger partial charge in [0.2, 0.25) is 0 Å². The lowest BCUT2D eigenvalue weighted by Crippen LogP contribution is -2.15. The molecule has 1 aromatic heterocycles. The van der Waals surface area contributed by atoms with Crippen LogP contribution in [0, 0.1) is 6.92 Å². The first-order valence-electron chi connectivity index (χ1n) is 7.16. The topological polar surface area (TPSA) is 119 Å². The minimum atomic E-state index is -3.99. The molecular weight excluding hydrogens is 348 g/mol. The molecule has 130 valence electrons. The summed E-state index contributed by atoms with van der Waals surface area (Å²) in [6.45, 7) is 1.51. The lowest BCUT2D eigenvalue weighted by Gasteiger charge is -2.12. The molecule has 0 bridgehead atoms. The molecule has 0 saturated carbocycles. The van der Waals surface area contributed by atoms with Gasteiger partial charge in [-0.15, -0.1) is 0 Å². The van der Waals surface area contributed by atoms with Crippen molar-refractivity contribution in [1.82, 2.24) is 4.57 Å². The van der Waals surface area contributed by atoms with Crippen LogP contribution in [0.2, 0.25) is 0 Å². The van der Waals surface area contributed by atoms with Crippen LogP contribution in [0.4, 0.5) is 5.69 Å². The molecule has 0 aliphatic heterocycles. The molecule has 0 aliphatic carbocycles. The zero-order valence-corrected chi connectivity index (χ0v) is 14.1. The summed E-state index contributed by atoms with van der Waals surface area (Å²) in [7, 11) is -2.47. The maximum absolute atomic E-state index is 12.6. The van der Waals surface area contributed by atoms with Crippen molar-refractivity contribution >= 4 is 32.8 Å². The molecule has 2 aromatic carbocycles. The number of hydrogen-bond acceptors (Lipinski definition) is 5. The van der Waals surface area contributed by atoms with Gasteiger partial charge in [0.1, 0.15) is 0 Å². The number of hydrogen-bond donors (Lipinski definition) is 2. The molecule has 0 spiro atoms. The van der Waals surface area contributed by atoms with E-state index in [4.69, 9.17) is 9.52 Å². The third-order valence-corrected chi connectivity index (χ3v) is 5.25. The number of anilines is 1. The number of carboxylic acid groups (broad SMARTS) is 1. The Labute approximate surface area is 142 Å². The Balaban J connectivity index is 2.04. The van der Waals surface area contributed by atoms with E-state index in [0.717, 1.165) is 0 Å². The molecule has 0 radical (unpaired) electrons. The van der Waals surface area contributed by atoms with E-state index >= 15 is 0 Å². The van der Waals surface area contributed by atoms with Crippen LogP contribution in [-0.2, 0) is 17.1 Å². The molecule has 3 aromatic rings. The van der Waals surface area contributed by atoms with Crippen molar-refractivity contribution in [2.45, 2.75) is 11.8 Å². The average molecular weight is 362 g/mol. The number of aromatic nitrogens is 1. The van der Waals surface area contributed by atoms with E-state index in [9.17, 15) is 18.0 Å². The zero-order valence-electron chi connectivity index (χ0n) is 13.3. The molecule has 25 heavy (non-hydrogen) atoms. The van der Waals surface area contributed by atoms with E-state index in [1.165, 1.54) is 54.9 Å². The Morgan fingerprint density at radius 2 is 1.96 bits per heavy atom. The van der Waals surface area contributed by atoms with Gasteiger partial charge >= 0.3 is 11.7 Å². The smallest absolute Gasteiger partial charge is 0.419 e. The van der Waals surface area contributed by atoms with Crippen LogP contribution in [-0.4, -0.2) is 24.1 Å². The fourth-order valence-electron chi connectivity index (χ4n) is 2.46. The zero-order chi connectivity index (χ0) is 18.4. The molecule has 9 heteroatoms. The monoisotopic (exact) mass is 362 g/mol. The quantitative estimate of drug-likeness (QED) is 0.732. The molecule has 0 unspecified atom stereocenters. The van der Waals surface area contributed by atoms with Gasteiger partial charge in [-0.3, -0.25) is 9.29 Å². The van der Waals surface area contributed by atoms with Crippen LogP contribution in [0.25, 0.3) is 11.1 Å². The van der Waals surface area contributed by atoms with E-state index in [-0.39, 0.29) is 21.7 Å². The third-order valence-electron chi connectivity index (χ3n) is 3.88. The van der Waals surface area contributed by atoms with Crippen LogP contribution in [0.3, 0.4) is 0 Å². The van der Waals surface area contributed by atoms with Gasteiger partial charge in [-0.1, -0.05) is 6.07 Å². The van der Waals surface area contributed by atoms with Crippen LogP contribution in [0.15, 0.2) is 50.5 Å². The first kappa shape index (κ1) is 16.8. The lowest BCUT2D eigenvalue weighted by atomic mass is 10.1. The second kappa shape index (κ2) is 5.78. The first-order chi connectivity index (χ1) is 11.7. The normalized spacial score (nSPS) is 11.6. The summed E-state index contributed by atoms with van der Waals surface area (Å²) >= 11 is 0. The molecule has 1 heterocycles. The van der Waals surface area contributed by atoms with Crippen molar-refractivity contribution in [3.8, 4) is 0 Å². The van der Waals surface area contributed by atoms with E-state index < -0.39 is 21.7 Å². The van der Waals surface area contributed by atoms with Crippen molar-refractivity contribution in [1.29, 1.82) is 0 Å². The number of rotatable bonds is 4. The van der Waals surface area contributed by atoms with Crippen LogP contribution < -0.4 is 10.5 Å². The predicted octanol–water partition coefficient (Wildman–Crippen LogP) is 1.94. The van der Waals surface area contributed by atoms with Crippen molar-refractivity contribution in [2.24, 2.45) is 7.05 Å².